The minimum Gasteiger partial charge on any atom is -0.465 e. The van der Waals surface area contributed by atoms with E-state index in [0.29, 0.717) is 19.4 Å². The molecule has 2 fully saturated rings. The zero-order chi connectivity index (χ0) is 11.4. The van der Waals surface area contributed by atoms with E-state index in [1.807, 2.05) is 6.92 Å². The standard InChI is InChI=1S/C6H8O3.C4H6O2/c1-4(7)5-2-3-9-6(5)8;1-3-2-4(5)6-3/h5H,2-3H2,1H3;3H,2H2,1H3. The minimum atomic E-state index is -0.468. The molecule has 0 amide bonds. The van der Waals surface area contributed by atoms with Gasteiger partial charge in [0.05, 0.1) is 13.0 Å². The highest BCUT2D eigenvalue weighted by Crippen LogP contribution is 2.14. The molecule has 2 heterocycles. The van der Waals surface area contributed by atoms with Crippen molar-refractivity contribution in [1.29, 1.82) is 0 Å². The molecule has 0 aromatic heterocycles. The van der Waals surface area contributed by atoms with Gasteiger partial charge in [-0.05, 0) is 13.8 Å². The van der Waals surface area contributed by atoms with Crippen LogP contribution in [-0.4, -0.2) is 30.4 Å². The Balaban J connectivity index is 0.000000162. The molecule has 0 aliphatic carbocycles. The molecule has 0 bridgehead atoms. The van der Waals surface area contributed by atoms with Gasteiger partial charge in [0, 0.05) is 6.42 Å². The molecule has 2 unspecified atom stereocenters. The molecular weight excluding hydrogens is 200 g/mol. The lowest BCUT2D eigenvalue weighted by atomic mass is 10.1. The Bertz CT molecular complexity index is 276. The second-order valence-electron chi connectivity index (χ2n) is 3.62. The van der Waals surface area contributed by atoms with Gasteiger partial charge in [-0.15, -0.1) is 0 Å². The Hall–Kier alpha value is -1.39. The molecule has 2 rings (SSSR count). The van der Waals surface area contributed by atoms with E-state index in [1.54, 1.807) is 0 Å². The average molecular weight is 214 g/mol. The third-order valence-electron chi connectivity index (χ3n) is 2.21. The van der Waals surface area contributed by atoms with Crippen LogP contribution in [0.3, 0.4) is 0 Å². The van der Waals surface area contributed by atoms with Crippen LogP contribution in [0, 0.1) is 5.92 Å². The van der Waals surface area contributed by atoms with Crippen molar-refractivity contribution < 1.29 is 23.9 Å². The van der Waals surface area contributed by atoms with Gasteiger partial charge in [-0.25, -0.2) is 0 Å². The second-order valence-corrected chi connectivity index (χ2v) is 3.62. The molecule has 0 radical (unpaired) electrons. The number of hydrogen-bond donors (Lipinski definition) is 0. The molecule has 0 N–H and O–H groups in total. The fourth-order valence-corrected chi connectivity index (χ4v) is 1.31. The van der Waals surface area contributed by atoms with Gasteiger partial charge in [0.1, 0.15) is 17.8 Å². The molecule has 5 nitrogen and oxygen atoms in total. The van der Waals surface area contributed by atoms with Crippen molar-refractivity contribution in [2.45, 2.75) is 32.8 Å². The predicted molar refractivity (Wildman–Crippen MR) is 49.9 cm³/mol. The van der Waals surface area contributed by atoms with Crippen molar-refractivity contribution in [1.82, 2.24) is 0 Å². The van der Waals surface area contributed by atoms with E-state index in [-0.39, 0.29) is 23.8 Å². The van der Waals surface area contributed by atoms with Crippen LogP contribution >= 0.6 is 0 Å². The highest BCUT2D eigenvalue weighted by molar-refractivity contribution is 5.98. The zero-order valence-electron chi connectivity index (χ0n) is 8.82. The summed E-state index contributed by atoms with van der Waals surface area (Å²) in [5.74, 6) is -0.979. The van der Waals surface area contributed by atoms with Gasteiger partial charge in [-0.2, -0.15) is 0 Å². The molecule has 0 aromatic rings. The highest BCUT2D eigenvalue weighted by Gasteiger charge is 2.29. The summed E-state index contributed by atoms with van der Waals surface area (Å²) in [5, 5.41) is 0. The molecule has 0 aromatic carbocycles. The summed E-state index contributed by atoms with van der Waals surface area (Å²) < 4.78 is 9.07. The first-order valence-electron chi connectivity index (χ1n) is 4.87. The van der Waals surface area contributed by atoms with Gasteiger partial charge < -0.3 is 9.47 Å². The first-order valence-corrected chi connectivity index (χ1v) is 4.87. The molecule has 5 heteroatoms. The monoisotopic (exact) mass is 214 g/mol. The van der Waals surface area contributed by atoms with Gasteiger partial charge >= 0.3 is 11.9 Å². The molecule has 84 valence electrons. The first-order chi connectivity index (χ1) is 7.00. The number of carbonyl (C=O) groups excluding carboxylic acids is 3. The van der Waals surface area contributed by atoms with Crippen LogP contribution in [0.5, 0.6) is 0 Å². The Morgan fingerprint density at radius 1 is 1.40 bits per heavy atom. The summed E-state index contributed by atoms with van der Waals surface area (Å²) in [7, 11) is 0. The van der Waals surface area contributed by atoms with Crippen molar-refractivity contribution in [2.75, 3.05) is 6.61 Å². The second kappa shape index (κ2) is 4.91. The first kappa shape index (κ1) is 11.7. The lowest BCUT2D eigenvalue weighted by Crippen LogP contribution is -2.29. The summed E-state index contributed by atoms with van der Waals surface area (Å²) in [6.45, 7) is 3.70. The molecule has 15 heavy (non-hydrogen) atoms. The summed E-state index contributed by atoms with van der Waals surface area (Å²) in [5.41, 5.74) is 0. The van der Waals surface area contributed by atoms with E-state index in [0.717, 1.165) is 0 Å². The third kappa shape index (κ3) is 3.34. The SMILES string of the molecule is CC(=O)C1CCOC1=O.CC1CC(=O)O1. The van der Waals surface area contributed by atoms with Crippen LogP contribution in [0.15, 0.2) is 0 Å². The number of ether oxygens (including phenoxy) is 2. The van der Waals surface area contributed by atoms with E-state index in [2.05, 4.69) is 9.47 Å². The summed E-state index contributed by atoms with van der Waals surface area (Å²) >= 11 is 0. The van der Waals surface area contributed by atoms with Gasteiger partial charge in [0.2, 0.25) is 0 Å². The molecular formula is C10H14O5. The highest BCUT2D eigenvalue weighted by atomic mass is 16.6. The van der Waals surface area contributed by atoms with Crippen molar-refractivity contribution in [3.05, 3.63) is 0 Å². The topological polar surface area (TPSA) is 69.7 Å². The van der Waals surface area contributed by atoms with Gasteiger partial charge in [-0.3, -0.25) is 14.4 Å². The number of rotatable bonds is 1. The fourth-order valence-electron chi connectivity index (χ4n) is 1.31. The number of Topliss-reactive ketones (excluding diaryl/α,β-unsaturated/α-hetero) is 1. The van der Waals surface area contributed by atoms with E-state index < -0.39 is 5.92 Å². The average Bonchev–Trinajstić information content (AvgIpc) is 2.50. The fraction of sp³-hybridized carbons (Fsp3) is 0.700. The summed E-state index contributed by atoms with van der Waals surface area (Å²) in [6, 6.07) is 0. The van der Waals surface area contributed by atoms with E-state index >= 15 is 0 Å². The Labute approximate surface area is 87.7 Å². The smallest absolute Gasteiger partial charge is 0.316 e. The molecule has 2 aliphatic rings. The summed E-state index contributed by atoms with van der Waals surface area (Å²) in [6.07, 6.45) is 1.37. The molecule has 2 aliphatic heterocycles. The van der Waals surface area contributed by atoms with E-state index in [1.165, 1.54) is 6.92 Å². The van der Waals surface area contributed by atoms with Crippen LogP contribution in [0.25, 0.3) is 0 Å². The quantitative estimate of drug-likeness (QED) is 0.468. The lowest BCUT2D eigenvalue weighted by Gasteiger charge is -2.20. The maximum Gasteiger partial charge on any atom is 0.316 e. The number of ketones is 1. The Kier molecular flexibility index (Phi) is 3.82. The van der Waals surface area contributed by atoms with Crippen LogP contribution in [-0.2, 0) is 23.9 Å². The molecule has 2 saturated heterocycles. The number of hydrogen-bond acceptors (Lipinski definition) is 5. The lowest BCUT2D eigenvalue weighted by molar-refractivity contribution is -0.167. The van der Waals surface area contributed by atoms with Gasteiger partial charge in [-0.1, -0.05) is 0 Å². The van der Waals surface area contributed by atoms with E-state index in [4.69, 9.17) is 0 Å². The molecule has 2 atom stereocenters. The van der Waals surface area contributed by atoms with Crippen LogP contribution < -0.4 is 0 Å². The number of carbonyl (C=O) groups is 3. The number of esters is 2. The normalized spacial score (nSPS) is 28.1. The van der Waals surface area contributed by atoms with Gasteiger partial charge in [0.15, 0.2) is 0 Å². The largest absolute Gasteiger partial charge is 0.465 e. The van der Waals surface area contributed by atoms with Crippen molar-refractivity contribution in [3.8, 4) is 0 Å². The molecule has 0 saturated carbocycles. The van der Waals surface area contributed by atoms with Crippen LogP contribution in [0.2, 0.25) is 0 Å². The Morgan fingerprint density at radius 3 is 2.13 bits per heavy atom. The molecule has 0 spiro atoms. The maximum absolute atomic E-state index is 10.6. The summed E-state index contributed by atoms with van der Waals surface area (Å²) in [4.78, 5) is 31.0. The minimum absolute atomic E-state index is 0.0671. The van der Waals surface area contributed by atoms with Crippen molar-refractivity contribution >= 4 is 17.7 Å². The zero-order valence-corrected chi connectivity index (χ0v) is 8.82. The maximum atomic E-state index is 10.6. The van der Waals surface area contributed by atoms with Crippen LogP contribution in [0.1, 0.15) is 26.7 Å². The predicted octanol–water partition coefficient (Wildman–Crippen LogP) is 0.460. The van der Waals surface area contributed by atoms with Crippen LogP contribution in [0.4, 0.5) is 0 Å². The van der Waals surface area contributed by atoms with Crippen molar-refractivity contribution in [2.24, 2.45) is 5.92 Å². The van der Waals surface area contributed by atoms with Gasteiger partial charge in [0.25, 0.3) is 0 Å². The Morgan fingerprint density at radius 2 is 2.00 bits per heavy atom. The third-order valence-corrected chi connectivity index (χ3v) is 2.21. The van der Waals surface area contributed by atoms with E-state index in [9.17, 15) is 14.4 Å². The van der Waals surface area contributed by atoms with Crippen molar-refractivity contribution in [3.63, 3.8) is 0 Å². The number of cyclic esters (lactones) is 2.